The number of carbonyl (C=O) groups is 2. The number of carbonyl (C=O) groups excluding carboxylic acids is 1. The van der Waals surface area contributed by atoms with Crippen molar-refractivity contribution < 1.29 is 24.5 Å². The summed E-state index contributed by atoms with van der Waals surface area (Å²) in [5.41, 5.74) is 1.74. The first kappa shape index (κ1) is 24.7. The Morgan fingerprint density at radius 2 is 1.66 bits per heavy atom. The number of anilines is 1. The Bertz CT molecular complexity index is 1200. The van der Waals surface area contributed by atoms with E-state index in [1.807, 2.05) is 30.3 Å². The maximum atomic E-state index is 13.0. The molecular formula is C26H28N3O5P. The molecule has 4 rings (SSSR count). The highest BCUT2D eigenvalue weighted by atomic mass is 31.0. The van der Waals surface area contributed by atoms with Gasteiger partial charge >= 0.3 is 5.97 Å². The molecule has 182 valence electrons. The maximum Gasteiger partial charge on any atom is 0.337 e. The highest BCUT2D eigenvalue weighted by Crippen LogP contribution is 2.28. The molecule has 35 heavy (non-hydrogen) atoms. The van der Waals surface area contributed by atoms with E-state index in [0.29, 0.717) is 12.4 Å². The fraction of sp³-hybridized carbons (Fsp3) is 0.231. The van der Waals surface area contributed by atoms with E-state index < -0.39 is 11.9 Å². The molecule has 1 unspecified atom stereocenters. The summed E-state index contributed by atoms with van der Waals surface area (Å²) >= 11 is 0. The number of rotatable bonds is 8. The van der Waals surface area contributed by atoms with Gasteiger partial charge in [-0.3, -0.25) is 14.4 Å². The summed E-state index contributed by atoms with van der Waals surface area (Å²) in [4.78, 5) is 27.1. The summed E-state index contributed by atoms with van der Waals surface area (Å²) < 4.78 is 8.03. The van der Waals surface area contributed by atoms with Crippen LogP contribution in [-0.4, -0.2) is 71.0 Å². The minimum Gasteiger partial charge on any atom is -0.507 e. The Balaban J connectivity index is 1.48. The van der Waals surface area contributed by atoms with Gasteiger partial charge in [0, 0.05) is 32.7 Å². The number of carboxylic acid groups (broad SMARTS) is 1. The van der Waals surface area contributed by atoms with Gasteiger partial charge in [-0.05, 0) is 41.5 Å². The van der Waals surface area contributed by atoms with Gasteiger partial charge < -0.3 is 20.3 Å². The molecule has 9 heteroatoms. The van der Waals surface area contributed by atoms with Crippen LogP contribution in [0.5, 0.6) is 11.5 Å². The van der Waals surface area contributed by atoms with E-state index in [1.54, 1.807) is 18.2 Å². The molecule has 1 saturated heterocycles. The third-order valence-corrected chi connectivity index (χ3v) is 6.42. The van der Waals surface area contributed by atoms with Crippen molar-refractivity contribution in [3.8, 4) is 22.6 Å². The fourth-order valence-corrected chi connectivity index (χ4v) is 4.13. The number of amides is 1. The number of carboxylic acids is 1. The van der Waals surface area contributed by atoms with Crippen molar-refractivity contribution >= 4 is 27.0 Å². The van der Waals surface area contributed by atoms with Crippen LogP contribution in [0.4, 0.5) is 5.69 Å². The van der Waals surface area contributed by atoms with Gasteiger partial charge in [0.15, 0.2) is 0 Å². The molecule has 1 atom stereocenters. The molecule has 1 aliphatic heterocycles. The number of nitrogens with one attached hydrogen (secondary N) is 1. The topological polar surface area (TPSA) is 102 Å². The zero-order chi connectivity index (χ0) is 24.8. The molecule has 1 fully saturated rings. The Hall–Kier alpha value is -3.45. The minimum absolute atomic E-state index is 0.000532. The summed E-state index contributed by atoms with van der Waals surface area (Å²) in [6.07, 6.45) is 0. The Morgan fingerprint density at radius 3 is 2.37 bits per heavy atom. The van der Waals surface area contributed by atoms with E-state index in [9.17, 15) is 19.8 Å². The molecule has 0 aromatic heterocycles. The smallest absolute Gasteiger partial charge is 0.337 e. The van der Waals surface area contributed by atoms with Gasteiger partial charge in [0.1, 0.15) is 18.1 Å². The zero-order valence-corrected chi connectivity index (χ0v) is 20.3. The van der Waals surface area contributed by atoms with Crippen molar-refractivity contribution in [3.05, 3.63) is 77.9 Å². The van der Waals surface area contributed by atoms with E-state index in [1.165, 1.54) is 18.2 Å². The summed E-state index contributed by atoms with van der Waals surface area (Å²) in [6.45, 7) is 5.10. The van der Waals surface area contributed by atoms with Crippen molar-refractivity contribution in [2.45, 2.75) is 0 Å². The van der Waals surface area contributed by atoms with Crippen molar-refractivity contribution in [1.29, 1.82) is 0 Å². The fourth-order valence-electron chi connectivity index (χ4n) is 3.90. The number of piperazine rings is 1. The van der Waals surface area contributed by atoms with E-state index in [4.69, 9.17) is 4.74 Å². The van der Waals surface area contributed by atoms with Crippen LogP contribution in [0, 0.1) is 0 Å². The molecular weight excluding hydrogens is 465 g/mol. The predicted molar refractivity (Wildman–Crippen MR) is 138 cm³/mol. The van der Waals surface area contributed by atoms with Crippen LogP contribution in [0.2, 0.25) is 0 Å². The molecule has 8 nitrogen and oxygen atoms in total. The molecule has 0 saturated carbocycles. The van der Waals surface area contributed by atoms with E-state index in [2.05, 4.69) is 24.3 Å². The van der Waals surface area contributed by atoms with Gasteiger partial charge in [-0.25, -0.2) is 4.79 Å². The van der Waals surface area contributed by atoms with Crippen LogP contribution in [0.3, 0.4) is 0 Å². The number of phenolic OH excluding ortho intramolecular Hbond substituents is 1. The summed E-state index contributed by atoms with van der Waals surface area (Å²) in [5.74, 6) is -1.56. The monoisotopic (exact) mass is 493 g/mol. The highest BCUT2D eigenvalue weighted by Gasteiger charge is 2.18. The lowest BCUT2D eigenvalue weighted by atomic mass is 10.0. The number of nitrogens with zero attached hydrogens (tertiary/aromatic N) is 2. The molecule has 0 spiro atoms. The molecule has 1 heterocycles. The zero-order valence-electron chi connectivity index (χ0n) is 19.2. The lowest BCUT2D eigenvalue weighted by molar-refractivity contribution is 0.0698. The first-order valence-electron chi connectivity index (χ1n) is 11.3. The van der Waals surface area contributed by atoms with Gasteiger partial charge in [-0.1, -0.05) is 45.8 Å². The van der Waals surface area contributed by atoms with E-state index in [-0.39, 0.29) is 22.6 Å². The van der Waals surface area contributed by atoms with Crippen LogP contribution < -0.4 is 10.1 Å². The second-order valence-electron chi connectivity index (χ2n) is 8.29. The average Bonchev–Trinajstić information content (AvgIpc) is 2.86. The van der Waals surface area contributed by atoms with E-state index in [0.717, 1.165) is 43.9 Å². The molecule has 0 bridgehead atoms. The quantitative estimate of drug-likeness (QED) is 0.410. The van der Waals surface area contributed by atoms with E-state index >= 15 is 0 Å². The van der Waals surface area contributed by atoms with Crippen molar-refractivity contribution in [2.24, 2.45) is 0 Å². The van der Waals surface area contributed by atoms with Crippen LogP contribution in [-0.2, 0) is 0 Å². The number of hydrogen-bond acceptors (Lipinski definition) is 6. The maximum absolute atomic E-state index is 13.0. The number of aromatic hydroxyl groups is 1. The summed E-state index contributed by atoms with van der Waals surface area (Å²) in [5, 5.41) is 22.5. The van der Waals surface area contributed by atoms with Crippen LogP contribution in [0.15, 0.2) is 66.7 Å². The molecule has 0 radical (unpaired) electrons. The van der Waals surface area contributed by atoms with Gasteiger partial charge in [0.2, 0.25) is 0 Å². The number of ether oxygens (including phenoxy) is 1. The molecule has 3 aromatic rings. The van der Waals surface area contributed by atoms with Crippen molar-refractivity contribution in [3.63, 3.8) is 0 Å². The number of hydrogen-bond donors (Lipinski definition) is 3. The first-order chi connectivity index (χ1) is 16.9. The second kappa shape index (κ2) is 11.3. The third kappa shape index (κ3) is 6.36. The van der Waals surface area contributed by atoms with Gasteiger partial charge in [0.05, 0.1) is 16.8 Å². The lowest BCUT2D eigenvalue weighted by Crippen LogP contribution is -2.43. The van der Waals surface area contributed by atoms with Crippen LogP contribution >= 0.6 is 9.39 Å². The number of aromatic carboxylic acids is 1. The largest absolute Gasteiger partial charge is 0.507 e. The highest BCUT2D eigenvalue weighted by molar-refractivity contribution is 7.13. The lowest BCUT2D eigenvalue weighted by Gasteiger charge is -2.31. The Morgan fingerprint density at radius 1 is 0.914 bits per heavy atom. The predicted octanol–water partition coefficient (Wildman–Crippen LogP) is 3.80. The molecule has 1 aliphatic rings. The number of phenols is 1. The minimum atomic E-state index is -1.16. The second-order valence-corrected chi connectivity index (χ2v) is 9.02. The van der Waals surface area contributed by atoms with Gasteiger partial charge in [0.25, 0.3) is 5.91 Å². The van der Waals surface area contributed by atoms with Gasteiger partial charge in [-0.15, -0.1) is 0 Å². The van der Waals surface area contributed by atoms with Crippen molar-refractivity contribution in [1.82, 2.24) is 9.57 Å². The van der Waals surface area contributed by atoms with Crippen LogP contribution in [0.25, 0.3) is 11.1 Å². The summed E-state index contributed by atoms with van der Waals surface area (Å²) in [7, 11) is 2.72. The first-order valence-corrected chi connectivity index (χ1v) is 11.8. The molecule has 0 aliphatic carbocycles. The molecule has 1 amide bonds. The summed E-state index contributed by atoms with van der Waals surface area (Å²) in [6, 6.07) is 18.7. The standard InChI is InChI=1S/C26H28N3O5P/c30-24-9-7-20(34-15-14-28-10-12-29(35)13-11-28)17-22(24)25(31)27-23-16-19(6-8-21(23)26(32)33)18-4-2-1-3-5-18/h1-9,16-17,30H,10-15,35H2,(H,27,31)(H,32,33). The SMILES string of the molecule is O=C(Nc1cc(-c2ccccc2)ccc1C(=O)O)c1cc(OCCN2CCN(P)CC2)ccc1O. The Labute approximate surface area is 206 Å². The number of benzene rings is 3. The van der Waals surface area contributed by atoms with Crippen molar-refractivity contribution in [2.75, 3.05) is 44.6 Å². The normalized spacial score (nSPS) is 14.4. The van der Waals surface area contributed by atoms with Gasteiger partial charge in [-0.2, -0.15) is 0 Å². The van der Waals surface area contributed by atoms with Crippen LogP contribution in [0.1, 0.15) is 20.7 Å². The third-order valence-electron chi connectivity index (χ3n) is 5.90. The molecule has 3 aromatic carbocycles. The average molecular weight is 494 g/mol. The Kier molecular flexibility index (Phi) is 7.98. The molecule has 3 N–H and O–H groups in total.